The zero-order valence-electron chi connectivity index (χ0n) is 18.5. The van der Waals surface area contributed by atoms with Crippen molar-refractivity contribution in [2.75, 3.05) is 19.6 Å². The highest BCUT2D eigenvalue weighted by Gasteiger charge is 2.27. The van der Waals surface area contributed by atoms with Gasteiger partial charge in [-0.2, -0.15) is 0 Å². The summed E-state index contributed by atoms with van der Waals surface area (Å²) in [6, 6.07) is 3.63. The highest BCUT2D eigenvalue weighted by Crippen LogP contribution is 2.11. The van der Waals surface area contributed by atoms with Crippen molar-refractivity contribution in [1.82, 2.24) is 21.3 Å². The molecule has 0 aromatic heterocycles. The number of benzene rings is 1. The van der Waals surface area contributed by atoms with Gasteiger partial charge in [-0.1, -0.05) is 12.1 Å². The van der Waals surface area contributed by atoms with Crippen LogP contribution in [-0.4, -0.2) is 71.7 Å². The fourth-order valence-electron chi connectivity index (χ4n) is 3.55. The molecule has 3 unspecified atom stereocenters. The second-order valence-corrected chi connectivity index (χ2v) is 8.04. The molecule has 1 aliphatic heterocycles. The number of carbonyl (C=O) groups is 4. The molecule has 1 aromatic carbocycles. The van der Waals surface area contributed by atoms with Gasteiger partial charge < -0.3 is 37.2 Å². The highest BCUT2D eigenvalue weighted by molar-refractivity contribution is 5.92. The predicted molar refractivity (Wildman–Crippen MR) is 120 cm³/mol. The first-order valence-electron chi connectivity index (χ1n) is 11.1. The van der Waals surface area contributed by atoms with E-state index >= 15 is 0 Å². The molecule has 1 fully saturated rings. The molecule has 1 aliphatic rings. The molecule has 0 aliphatic carbocycles. The molecule has 33 heavy (non-hydrogen) atoms. The van der Waals surface area contributed by atoms with Gasteiger partial charge in [-0.25, -0.2) is 4.79 Å². The lowest BCUT2D eigenvalue weighted by Gasteiger charge is -2.21. The van der Waals surface area contributed by atoms with Crippen molar-refractivity contribution in [2.45, 2.75) is 56.7 Å². The Hall–Kier alpha value is -3.18. The van der Waals surface area contributed by atoms with Crippen LogP contribution in [-0.2, 0) is 25.6 Å². The molecule has 1 heterocycles. The number of hydrogen-bond donors (Lipinski definition) is 7. The number of nitrogens with two attached hydrogens (primary N) is 1. The number of carboxylic acid groups (broad SMARTS) is 1. The van der Waals surface area contributed by atoms with Crippen LogP contribution in [0, 0.1) is 0 Å². The van der Waals surface area contributed by atoms with Gasteiger partial charge in [0.05, 0.1) is 12.6 Å². The summed E-state index contributed by atoms with van der Waals surface area (Å²) in [5.41, 5.74) is 6.13. The van der Waals surface area contributed by atoms with E-state index in [1.165, 1.54) is 12.1 Å². The summed E-state index contributed by atoms with van der Waals surface area (Å²) in [7, 11) is 0. The molecule has 0 saturated carbocycles. The first kappa shape index (κ1) is 26.1. The summed E-state index contributed by atoms with van der Waals surface area (Å²) in [5, 5.41) is 29.4. The lowest BCUT2D eigenvalue weighted by atomic mass is 10.1. The molecular weight excluding hydrogens is 430 g/mol. The van der Waals surface area contributed by atoms with E-state index in [9.17, 15) is 29.4 Å². The summed E-state index contributed by atoms with van der Waals surface area (Å²) < 4.78 is 0. The van der Waals surface area contributed by atoms with Crippen molar-refractivity contribution < 1.29 is 29.4 Å². The minimum Gasteiger partial charge on any atom is -0.508 e. The van der Waals surface area contributed by atoms with Crippen molar-refractivity contribution >= 4 is 23.7 Å². The monoisotopic (exact) mass is 463 g/mol. The lowest BCUT2D eigenvalue weighted by molar-refractivity contribution is -0.141. The largest absolute Gasteiger partial charge is 0.508 e. The number of nitrogens with one attached hydrogen (secondary N) is 4. The van der Waals surface area contributed by atoms with Crippen molar-refractivity contribution in [3.8, 4) is 5.75 Å². The average molecular weight is 464 g/mol. The van der Waals surface area contributed by atoms with Gasteiger partial charge >= 0.3 is 5.97 Å². The topological polar surface area (TPSA) is 183 Å². The number of aromatic hydroxyl groups is 1. The Kier molecular flexibility index (Phi) is 10.6. The average Bonchev–Trinajstić information content (AvgIpc) is 3.33. The number of unbranched alkanes of at least 4 members (excludes halogenated alkanes) is 1. The molecule has 1 aromatic rings. The number of rotatable bonds is 13. The Balaban J connectivity index is 1.88. The highest BCUT2D eigenvalue weighted by atomic mass is 16.4. The first-order chi connectivity index (χ1) is 15.8. The second kappa shape index (κ2) is 13.4. The maximum atomic E-state index is 12.6. The van der Waals surface area contributed by atoms with Gasteiger partial charge in [-0.3, -0.25) is 14.4 Å². The van der Waals surface area contributed by atoms with Gasteiger partial charge in [0, 0.05) is 6.42 Å². The van der Waals surface area contributed by atoms with E-state index in [-0.39, 0.29) is 24.1 Å². The number of phenols is 1. The number of carbonyl (C=O) groups excluding carboxylic acids is 3. The molecule has 11 heteroatoms. The zero-order chi connectivity index (χ0) is 24.2. The van der Waals surface area contributed by atoms with E-state index in [4.69, 9.17) is 5.73 Å². The SMILES string of the molecule is NCCCCC(NC(=O)C1CCCN1)C(=O)NCC(=O)NC(Cc1ccc(O)cc1)C(=O)O. The van der Waals surface area contributed by atoms with E-state index < -0.39 is 36.4 Å². The molecule has 1 saturated heterocycles. The fraction of sp³-hybridized carbons (Fsp3) is 0.545. The summed E-state index contributed by atoms with van der Waals surface area (Å²) in [5.74, 6) is -2.62. The number of carboxylic acids is 1. The molecule has 3 amide bonds. The Bertz CT molecular complexity index is 810. The van der Waals surface area contributed by atoms with Crippen LogP contribution in [0.3, 0.4) is 0 Å². The van der Waals surface area contributed by atoms with E-state index in [1.54, 1.807) is 12.1 Å². The molecule has 8 N–H and O–H groups in total. The Labute approximate surface area is 192 Å². The van der Waals surface area contributed by atoms with Crippen LogP contribution >= 0.6 is 0 Å². The van der Waals surface area contributed by atoms with Crippen LogP contribution in [0.4, 0.5) is 0 Å². The molecule has 0 spiro atoms. The molecule has 0 bridgehead atoms. The van der Waals surface area contributed by atoms with Gasteiger partial charge in [0.2, 0.25) is 17.7 Å². The lowest BCUT2D eigenvalue weighted by Crippen LogP contribution is -2.53. The number of hydrogen-bond acceptors (Lipinski definition) is 7. The standard InChI is InChI=1S/C22H33N5O6/c23-10-2-1-4-17(27-21(31)16-5-3-11-24-16)20(30)25-13-19(29)26-18(22(32)33)12-14-6-8-15(28)9-7-14/h6-9,16-18,24,28H,1-5,10-13,23H2,(H,25,30)(H,26,29)(H,27,31)(H,32,33). The maximum Gasteiger partial charge on any atom is 0.326 e. The molecule has 0 radical (unpaired) electrons. The first-order valence-corrected chi connectivity index (χ1v) is 11.1. The minimum absolute atomic E-state index is 0.0153. The van der Waals surface area contributed by atoms with Crippen molar-refractivity contribution in [3.05, 3.63) is 29.8 Å². The molecular formula is C22H33N5O6. The van der Waals surface area contributed by atoms with Crippen LogP contribution in [0.15, 0.2) is 24.3 Å². The summed E-state index contributed by atoms with van der Waals surface area (Å²) in [4.78, 5) is 48.9. The third-order valence-corrected chi connectivity index (χ3v) is 5.39. The quantitative estimate of drug-likeness (QED) is 0.181. The summed E-state index contributed by atoms with van der Waals surface area (Å²) in [6.07, 6.45) is 3.30. The molecule has 11 nitrogen and oxygen atoms in total. The van der Waals surface area contributed by atoms with Gasteiger partial charge in [0.25, 0.3) is 0 Å². The molecule has 3 atom stereocenters. The van der Waals surface area contributed by atoms with Gasteiger partial charge in [-0.15, -0.1) is 0 Å². The van der Waals surface area contributed by atoms with Gasteiger partial charge in [0.15, 0.2) is 0 Å². The van der Waals surface area contributed by atoms with Crippen LogP contribution in [0.5, 0.6) is 5.75 Å². The number of aliphatic carboxylic acids is 1. The van der Waals surface area contributed by atoms with Crippen LogP contribution in [0.2, 0.25) is 0 Å². The zero-order valence-corrected chi connectivity index (χ0v) is 18.5. The normalized spacial score (nSPS) is 17.1. The van der Waals surface area contributed by atoms with Crippen molar-refractivity contribution in [2.24, 2.45) is 5.73 Å². The van der Waals surface area contributed by atoms with Gasteiger partial charge in [0.1, 0.15) is 17.8 Å². The van der Waals surface area contributed by atoms with Crippen molar-refractivity contribution in [3.63, 3.8) is 0 Å². The Morgan fingerprint density at radius 3 is 2.42 bits per heavy atom. The smallest absolute Gasteiger partial charge is 0.326 e. The maximum absolute atomic E-state index is 12.6. The molecule has 2 rings (SSSR count). The van der Waals surface area contributed by atoms with Crippen LogP contribution in [0.25, 0.3) is 0 Å². The summed E-state index contributed by atoms with van der Waals surface area (Å²) >= 11 is 0. The van der Waals surface area contributed by atoms with Gasteiger partial charge in [-0.05, 0) is 62.9 Å². The molecule has 182 valence electrons. The minimum atomic E-state index is -1.22. The number of phenolic OH excluding ortho intramolecular Hbond substituents is 1. The number of amides is 3. The third kappa shape index (κ3) is 9.07. The second-order valence-electron chi connectivity index (χ2n) is 8.04. The van der Waals surface area contributed by atoms with E-state index in [1.807, 2.05) is 0 Å². The van der Waals surface area contributed by atoms with E-state index in [0.29, 0.717) is 37.8 Å². The Morgan fingerprint density at radius 2 is 1.82 bits per heavy atom. The Morgan fingerprint density at radius 1 is 1.09 bits per heavy atom. The fourth-order valence-corrected chi connectivity index (χ4v) is 3.55. The summed E-state index contributed by atoms with van der Waals surface area (Å²) in [6.45, 7) is 0.785. The van der Waals surface area contributed by atoms with Crippen molar-refractivity contribution in [1.29, 1.82) is 0 Å². The van der Waals surface area contributed by atoms with E-state index in [2.05, 4.69) is 21.3 Å². The van der Waals surface area contributed by atoms with Crippen LogP contribution in [0.1, 0.15) is 37.7 Å². The van der Waals surface area contributed by atoms with E-state index in [0.717, 1.165) is 13.0 Å². The third-order valence-electron chi connectivity index (χ3n) is 5.39. The van der Waals surface area contributed by atoms with Crippen LogP contribution < -0.4 is 27.0 Å². The predicted octanol–water partition coefficient (Wildman–Crippen LogP) is -1.01.